The zero-order valence-corrected chi connectivity index (χ0v) is 12.4. The fourth-order valence-corrected chi connectivity index (χ4v) is 2.69. The summed E-state index contributed by atoms with van der Waals surface area (Å²) < 4.78 is 2.11. The van der Waals surface area contributed by atoms with Crippen molar-refractivity contribution >= 4 is 28.6 Å². The van der Waals surface area contributed by atoms with Gasteiger partial charge in [0, 0.05) is 30.2 Å². The molecular weight excluding hydrogens is 270 g/mol. The summed E-state index contributed by atoms with van der Waals surface area (Å²) in [5.41, 5.74) is 2.81. The molecule has 0 unspecified atom stereocenters. The maximum absolute atomic E-state index is 11.0. The standard InChI is InChI=1S/C15H17N3OS/c1-4-9-18-11(2)10-20-15(18)17-14-7-5-13(6-8-14)16-12(3)19/h4-8,10H,1,9H2,2-3H3,(H,16,19). The van der Waals surface area contributed by atoms with Crippen molar-refractivity contribution in [3.8, 4) is 0 Å². The monoisotopic (exact) mass is 287 g/mol. The molecule has 5 heteroatoms. The zero-order valence-electron chi connectivity index (χ0n) is 11.6. The Morgan fingerprint density at radius 3 is 2.75 bits per heavy atom. The molecule has 4 nitrogen and oxygen atoms in total. The van der Waals surface area contributed by atoms with E-state index in [0.29, 0.717) is 0 Å². The third-order valence-electron chi connectivity index (χ3n) is 2.72. The predicted molar refractivity (Wildman–Crippen MR) is 83.2 cm³/mol. The molecule has 1 aromatic heterocycles. The molecule has 0 aliphatic rings. The van der Waals surface area contributed by atoms with E-state index in [-0.39, 0.29) is 5.91 Å². The Balaban J connectivity index is 2.31. The van der Waals surface area contributed by atoms with Crippen LogP contribution in [0.15, 0.2) is 47.3 Å². The maximum atomic E-state index is 11.0. The van der Waals surface area contributed by atoms with Crippen molar-refractivity contribution in [2.75, 3.05) is 5.32 Å². The number of aryl methyl sites for hydroxylation is 1. The summed E-state index contributed by atoms with van der Waals surface area (Å²) in [6, 6.07) is 7.47. The molecule has 0 saturated carbocycles. The van der Waals surface area contributed by atoms with Gasteiger partial charge >= 0.3 is 0 Å². The van der Waals surface area contributed by atoms with Gasteiger partial charge in [-0.3, -0.25) is 4.79 Å². The molecule has 0 bridgehead atoms. The first-order valence-corrected chi connectivity index (χ1v) is 7.16. The Bertz CT molecular complexity index is 680. The molecule has 1 N–H and O–H groups in total. The van der Waals surface area contributed by atoms with Gasteiger partial charge < -0.3 is 9.88 Å². The number of anilines is 1. The van der Waals surface area contributed by atoms with E-state index in [1.807, 2.05) is 30.3 Å². The molecule has 2 aromatic rings. The van der Waals surface area contributed by atoms with Crippen molar-refractivity contribution in [2.45, 2.75) is 20.4 Å². The van der Waals surface area contributed by atoms with E-state index in [2.05, 4.69) is 33.8 Å². The van der Waals surface area contributed by atoms with Gasteiger partial charge in [0.1, 0.15) is 0 Å². The molecule has 1 aromatic carbocycles. The quantitative estimate of drug-likeness (QED) is 0.862. The van der Waals surface area contributed by atoms with Gasteiger partial charge in [-0.25, -0.2) is 4.99 Å². The number of hydrogen-bond donors (Lipinski definition) is 1. The minimum absolute atomic E-state index is 0.0765. The van der Waals surface area contributed by atoms with Crippen molar-refractivity contribution in [1.29, 1.82) is 0 Å². The number of aromatic nitrogens is 1. The van der Waals surface area contributed by atoms with Gasteiger partial charge in [0.15, 0.2) is 4.80 Å². The smallest absolute Gasteiger partial charge is 0.221 e. The lowest BCUT2D eigenvalue weighted by Gasteiger charge is -2.03. The van der Waals surface area contributed by atoms with Crippen LogP contribution in [0.2, 0.25) is 0 Å². The first kappa shape index (κ1) is 14.3. The number of allylic oxidation sites excluding steroid dienone is 1. The van der Waals surface area contributed by atoms with Gasteiger partial charge in [-0.2, -0.15) is 0 Å². The summed E-state index contributed by atoms with van der Waals surface area (Å²) in [5, 5.41) is 4.81. The first-order valence-electron chi connectivity index (χ1n) is 6.28. The van der Waals surface area contributed by atoms with Crippen LogP contribution in [0.5, 0.6) is 0 Å². The fourth-order valence-electron chi connectivity index (χ4n) is 1.79. The number of rotatable bonds is 4. The summed E-state index contributed by atoms with van der Waals surface area (Å²) in [4.78, 5) is 16.5. The van der Waals surface area contributed by atoms with Crippen LogP contribution in [-0.2, 0) is 11.3 Å². The van der Waals surface area contributed by atoms with Crippen molar-refractivity contribution in [2.24, 2.45) is 4.99 Å². The fraction of sp³-hybridized carbons (Fsp3) is 0.200. The highest BCUT2D eigenvalue weighted by Gasteiger charge is 2.00. The Kier molecular flexibility index (Phi) is 4.53. The van der Waals surface area contributed by atoms with E-state index in [4.69, 9.17) is 0 Å². The second-order valence-corrected chi connectivity index (χ2v) is 5.24. The number of carbonyl (C=O) groups is 1. The van der Waals surface area contributed by atoms with E-state index in [1.165, 1.54) is 12.6 Å². The zero-order chi connectivity index (χ0) is 14.5. The SMILES string of the molecule is C=CCn1c(C)csc1=Nc1ccc(NC(C)=O)cc1. The molecule has 0 spiro atoms. The van der Waals surface area contributed by atoms with E-state index < -0.39 is 0 Å². The Morgan fingerprint density at radius 1 is 1.45 bits per heavy atom. The largest absolute Gasteiger partial charge is 0.326 e. The van der Waals surface area contributed by atoms with Gasteiger partial charge in [-0.05, 0) is 31.2 Å². The van der Waals surface area contributed by atoms with Crippen molar-refractivity contribution < 1.29 is 4.79 Å². The molecule has 0 fully saturated rings. The molecule has 104 valence electrons. The van der Waals surface area contributed by atoms with Crippen molar-refractivity contribution in [3.05, 3.63) is 52.8 Å². The van der Waals surface area contributed by atoms with Crippen LogP contribution in [0.1, 0.15) is 12.6 Å². The van der Waals surface area contributed by atoms with Crippen LogP contribution in [0.4, 0.5) is 11.4 Å². The van der Waals surface area contributed by atoms with E-state index in [9.17, 15) is 4.79 Å². The van der Waals surface area contributed by atoms with Gasteiger partial charge in [0.25, 0.3) is 0 Å². The number of benzene rings is 1. The van der Waals surface area contributed by atoms with Crippen LogP contribution in [0.3, 0.4) is 0 Å². The van der Waals surface area contributed by atoms with Gasteiger partial charge in [0.05, 0.1) is 5.69 Å². The van der Waals surface area contributed by atoms with Crippen LogP contribution in [0.25, 0.3) is 0 Å². The molecule has 1 heterocycles. The maximum Gasteiger partial charge on any atom is 0.221 e. The molecular formula is C15H17N3OS. The Hall–Kier alpha value is -2.14. The highest BCUT2D eigenvalue weighted by Crippen LogP contribution is 2.16. The number of hydrogen-bond acceptors (Lipinski definition) is 3. The van der Waals surface area contributed by atoms with Crippen LogP contribution < -0.4 is 10.1 Å². The van der Waals surface area contributed by atoms with Crippen molar-refractivity contribution in [1.82, 2.24) is 4.57 Å². The Labute approximate surface area is 122 Å². The lowest BCUT2D eigenvalue weighted by Crippen LogP contribution is -2.14. The average Bonchev–Trinajstić information content (AvgIpc) is 2.74. The number of nitrogens with zero attached hydrogens (tertiary/aromatic N) is 2. The predicted octanol–water partition coefficient (Wildman–Crippen LogP) is 3.23. The Morgan fingerprint density at radius 2 is 2.15 bits per heavy atom. The van der Waals surface area contributed by atoms with Crippen LogP contribution >= 0.6 is 11.3 Å². The molecule has 0 aliphatic heterocycles. The lowest BCUT2D eigenvalue weighted by molar-refractivity contribution is -0.114. The van der Waals surface area contributed by atoms with Crippen molar-refractivity contribution in [3.63, 3.8) is 0 Å². The lowest BCUT2D eigenvalue weighted by atomic mass is 10.3. The normalized spacial score (nSPS) is 11.4. The number of thiazole rings is 1. The second-order valence-electron chi connectivity index (χ2n) is 4.40. The molecule has 0 aliphatic carbocycles. The van der Waals surface area contributed by atoms with E-state index in [0.717, 1.165) is 22.7 Å². The van der Waals surface area contributed by atoms with Gasteiger partial charge in [-0.15, -0.1) is 17.9 Å². The summed E-state index contributed by atoms with van der Waals surface area (Å²) in [6.45, 7) is 8.06. The highest BCUT2D eigenvalue weighted by atomic mass is 32.1. The third kappa shape index (κ3) is 3.45. The van der Waals surface area contributed by atoms with E-state index >= 15 is 0 Å². The summed E-state index contributed by atoms with van der Waals surface area (Å²) in [5.74, 6) is -0.0765. The van der Waals surface area contributed by atoms with Crippen LogP contribution in [0, 0.1) is 6.92 Å². The molecule has 20 heavy (non-hydrogen) atoms. The highest BCUT2D eigenvalue weighted by molar-refractivity contribution is 7.07. The molecule has 0 radical (unpaired) electrons. The molecule has 1 amide bonds. The van der Waals surface area contributed by atoms with Gasteiger partial charge in [0.2, 0.25) is 5.91 Å². The van der Waals surface area contributed by atoms with Crippen LogP contribution in [-0.4, -0.2) is 10.5 Å². The molecule has 2 rings (SSSR count). The second kappa shape index (κ2) is 6.34. The third-order valence-corrected chi connectivity index (χ3v) is 3.70. The number of carbonyl (C=O) groups excluding carboxylic acids is 1. The number of nitrogens with one attached hydrogen (secondary N) is 1. The molecule has 0 atom stereocenters. The average molecular weight is 287 g/mol. The summed E-state index contributed by atoms with van der Waals surface area (Å²) >= 11 is 1.60. The summed E-state index contributed by atoms with van der Waals surface area (Å²) in [7, 11) is 0. The number of amides is 1. The minimum Gasteiger partial charge on any atom is -0.326 e. The van der Waals surface area contributed by atoms with E-state index in [1.54, 1.807) is 11.3 Å². The molecule has 0 saturated heterocycles. The first-order chi connectivity index (χ1) is 9.60. The minimum atomic E-state index is -0.0765. The summed E-state index contributed by atoms with van der Waals surface area (Å²) in [6.07, 6.45) is 1.86. The van der Waals surface area contributed by atoms with Gasteiger partial charge in [-0.1, -0.05) is 6.08 Å². The topological polar surface area (TPSA) is 46.4 Å².